The minimum atomic E-state index is -0.683. The van der Waals surface area contributed by atoms with Crippen molar-refractivity contribution >= 4 is 11.6 Å². The van der Waals surface area contributed by atoms with Crippen LogP contribution in [0.5, 0.6) is 5.75 Å². The molecule has 2 aromatic heterocycles. The predicted octanol–water partition coefficient (Wildman–Crippen LogP) is 2.99. The maximum atomic E-state index is 13.9. The molecule has 1 saturated heterocycles. The number of hydrogen-bond acceptors (Lipinski definition) is 5. The molecule has 0 spiro atoms. The van der Waals surface area contributed by atoms with Crippen LogP contribution in [0.4, 0.5) is 8.78 Å². The summed E-state index contributed by atoms with van der Waals surface area (Å²) in [5.41, 5.74) is 1.10. The fourth-order valence-corrected chi connectivity index (χ4v) is 3.31. The van der Waals surface area contributed by atoms with E-state index in [1.54, 1.807) is 36.8 Å². The molecule has 1 N–H and O–H groups in total. The first-order chi connectivity index (χ1) is 14.5. The first-order valence-corrected chi connectivity index (χ1v) is 9.49. The summed E-state index contributed by atoms with van der Waals surface area (Å²) in [7, 11) is 1.57. The van der Waals surface area contributed by atoms with Crippen molar-refractivity contribution in [3.05, 3.63) is 65.1 Å². The van der Waals surface area contributed by atoms with Crippen molar-refractivity contribution < 1.29 is 27.8 Å². The highest BCUT2D eigenvalue weighted by Gasteiger charge is 2.38. The van der Waals surface area contributed by atoms with Gasteiger partial charge in [-0.15, -0.1) is 0 Å². The summed E-state index contributed by atoms with van der Waals surface area (Å²) in [5, 5.41) is 2.85. The smallest absolute Gasteiger partial charge is 0.270 e. The number of rotatable bonds is 8. The number of nitrogens with one attached hydrogen (secondary N) is 1. The lowest BCUT2D eigenvalue weighted by molar-refractivity contribution is 0.0944. The van der Waals surface area contributed by atoms with Crippen molar-refractivity contribution in [1.82, 2.24) is 14.7 Å². The van der Waals surface area contributed by atoms with Crippen LogP contribution < -0.4 is 10.1 Å². The number of ether oxygens (including phenoxy) is 3. The normalized spacial score (nSPS) is 17.9. The summed E-state index contributed by atoms with van der Waals surface area (Å²) in [5.74, 6) is -1.34. The lowest BCUT2D eigenvalue weighted by Crippen LogP contribution is -2.27. The summed E-state index contributed by atoms with van der Waals surface area (Å²) in [6, 6.07) is 6.96. The molecule has 3 aromatic rings. The number of methoxy groups -OCH3 is 1. The Morgan fingerprint density at radius 1 is 1.27 bits per heavy atom. The monoisotopic (exact) mass is 417 g/mol. The van der Waals surface area contributed by atoms with Crippen LogP contribution in [-0.2, 0) is 16.1 Å². The molecule has 3 heterocycles. The number of aromatic nitrogens is 2. The van der Waals surface area contributed by atoms with Gasteiger partial charge < -0.3 is 19.5 Å². The Hall–Kier alpha value is -3.04. The molecular formula is C21H21F2N3O4. The van der Waals surface area contributed by atoms with Gasteiger partial charge in [0.05, 0.1) is 11.3 Å². The SMILES string of the molecule is COC1OC1CCNC(=O)c1c(C)nc2c(OCc3c(F)cccc3F)cccn12. The summed E-state index contributed by atoms with van der Waals surface area (Å²) < 4.78 is 45.3. The zero-order chi connectivity index (χ0) is 21.3. The third kappa shape index (κ3) is 3.99. The lowest BCUT2D eigenvalue weighted by atomic mass is 10.2. The number of amides is 1. The molecule has 0 saturated carbocycles. The molecule has 0 radical (unpaired) electrons. The van der Waals surface area contributed by atoms with Gasteiger partial charge in [-0.1, -0.05) is 6.07 Å². The second-order valence-corrected chi connectivity index (χ2v) is 6.92. The highest BCUT2D eigenvalue weighted by atomic mass is 19.1. The number of carbonyl (C=O) groups excluding carboxylic acids is 1. The molecule has 0 bridgehead atoms. The van der Waals surface area contributed by atoms with Gasteiger partial charge in [0.15, 0.2) is 17.7 Å². The lowest BCUT2D eigenvalue weighted by Gasteiger charge is -2.10. The third-order valence-corrected chi connectivity index (χ3v) is 4.92. The first kappa shape index (κ1) is 20.2. The van der Waals surface area contributed by atoms with Crippen molar-refractivity contribution in [2.45, 2.75) is 32.3 Å². The molecule has 2 atom stereocenters. The molecule has 9 heteroatoms. The van der Waals surface area contributed by atoms with E-state index in [1.807, 2.05) is 0 Å². The van der Waals surface area contributed by atoms with Crippen LogP contribution in [0.25, 0.3) is 5.65 Å². The highest BCUT2D eigenvalue weighted by molar-refractivity contribution is 5.94. The summed E-state index contributed by atoms with van der Waals surface area (Å²) in [6.07, 6.45) is 2.13. The number of nitrogens with zero attached hydrogens (tertiary/aromatic N) is 2. The molecular weight excluding hydrogens is 396 g/mol. The number of hydrogen-bond donors (Lipinski definition) is 1. The average molecular weight is 417 g/mol. The summed E-state index contributed by atoms with van der Waals surface area (Å²) >= 11 is 0. The topological polar surface area (TPSA) is 77.4 Å². The Labute approximate surface area is 171 Å². The highest BCUT2D eigenvalue weighted by Crippen LogP contribution is 2.26. The van der Waals surface area contributed by atoms with Gasteiger partial charge in [0, 0.05) is 19.9 Å². The molecule has 0 aliphatic carbocycles. The van der Waals surface area contributed by atoms with Crippen molar-refractivity contribution in [2.75, 3.05) is 13.7 Å². The Balaban J connectivity index is 1.49. The van der Waals surface area contributed by atoms with Crippen molar-refractivity contribution in [2.24, 2.45) is 0 Å². The number of imidazole rings is 1. The summed E-state index contributed by atoms with van der Waals surface area (Å²) in [6.45, 7) is 1.85. The van der Waals surface area contributed by atoms with Gasteiger partial charge in [0.2, 0.25) is 0 Å². The molecule has 158 valence electrons. The molecule has 2 unspecified atom stereocenters. The summed E-state index contributed by atoms with van der Waals surface area (Å²) in [4.78, 5) is 17.1. The van der Waals surface area contributed by atoms with E-state index in [2.05, 4.69) is 10.3 Å². The number of pyridine rings is 1. The molecule has 1 aliphatic rings. The van der Waals surface area contributed by atoms with Gasteiger partial charge in [-0.3, -0.25) is 9.20 Å². The molecule has 1 fully saturated rings. The van der Waals surface area contributed by atoms with E-state index in [0.717, 1.165) is 0 Å². The quantitative estimate of drug-likeness (QED) is 0.570. The van der Waals surface area contributed by atoms with Crippen LogP contribution >= 0.6 is 0 Å². The molecule has 30 heavy (non-hydrogen) atoms. The van der Waals surface area contributed by atoms with Crippen molar-refractivity contribution in [1.29, 1.82) is 0 Å². The Morgan fingerprint density at radius 3 is 2.73 bits per heavy atom. The number of halogens is 2. The van der Waals surface area contributed by atoms with Crippen LogP contribution in [0.3, 0.4) is 0 Å². The molecule has 7 nitrogen and oxygen atoms in total. The second kappa shape index (κ2) is 8.37. The number of fused-ring (bicyclic) bond motifs is 1. The standard InChI is InChI=1S/C21H21F2N3O4/c1-12-18(20(27)24-9-8-17-21(28-2)30-17)26-10-4-7-16(19(26)25-12)29-11-13-14(22)5-3-6-15(13)23/h3-7,10,17,21H,8-9,11H2,1-2H3,(H,24,27). The van der Waals surface area contributed by atoms with Crippen LogP contribution in [0.2, 0.25) is 0 Å². The molecule has 1 aliphatic heterocycles. The van der Waals surface area contributed by atoms with Gasteiger partial charge in [-0.2, -0.15) is 0 Å². The Bertz CT molecular complexity index is 1070. The number of epoxide rings is 1. The van der Waals surface area contributed by atoms with E-state index >= 15 is 0 Å². The van der Waals surface area contributed by atoms with Gasteiger partial charge in [0.1, 0.15) is 30.0 Å². The number of benzene rings is 1. The number of aryl methyl sites for hydroxylation is 1. The molecule has 1 aromatic carbocycles. The van der Waals surface area contributed by atoms with E-state index in [0.29, 0.717) is 35.8 Å². The van der Waals surface area contributed by atoms with Gasteiger partial charge >= 0.3 is 0 Å². The fraction of sp³-hybridized carbons (Fsp3) is 0.333. The van der Waals surface area contributed by atoms with E-state index in [9.17, 15) is 13.6 Å². The van der Waals surface area contributed by atoms with Crippen LogP contribution in [0, 0.1) is 18.6 Å². The third-order valence-electron chi connectivity index (χ3n) is 4.92. The van der Waals surface area contributed by atoms with Crippen LogP contribution in [0.15, 0.2) is 36.5 Å². The maximum absolute atomic E-state index is 13.9. The van der Waals surface area contributed by atoms with Gasteiger partial charge in [-0.05, 0) is 37.6 Å². The van der Waals surface area contributed by atoms with Crippen LogP contribution in [0.1, 0.15) is 28.2 Å². The fourth-order valence-electron chi connectivity index (χ4n) is 3.31. The Kier molecular flexibility index (Phi) is 5.65. The van der Waals surface area contributed by atoms with Crippen LogP contribution in [-0.4, -0.2) is 41.3 Å². The van der Waals surface area contributed by atoms with Gasteiger partial charge in [-0.25, -0.2) is 13.8 Å². The second-order valence-electron chi connectivity index (χ2n) is 6.92. The minimum absolute atomic E-state index is 0.00244. The van der Waals surface area contributed by atoms with Crippen molar-refractivity contribution in [3.63, 3.8) is 0 Å². The largest absolute Gasteiger partial charge is 0.485 e. The van der Waals surface area contributed by atoms with Gasteiger partial charge in [0.25, 0.3) is 5.91 Å². The number of carbonyl (C=O) groups is 1. The van der Waals surface area contributed by atoms with E-state index in [-0.39, 0.29) is 30.5 Å². The average Bonchev–Trinajstić information content (AvgIpc) is 3.39. The van der Waals surface area contributed by atoms with E-state index in [1.165, 1.54) is 18.2 Å². The minimum Gasteiger partial charge on any atom is -0.485 e. The first-order valence-electron chi connectivity index (χ1n) is 9.49. The molecule has 4 rings (SSSR count). The van der Waals surface area contributed by atoms with E-state index in [4.69, 9.17) is 14.2 Å². The Morgan fingerprint density at radius 2 is 2.03 bits per heavy atom. The maximum Gasteiger partial charge on any atom is 0.270 e. The molecule has 1 amide bonds. The zero-order valence-corrected chi connectivity index (χ0v) is 16.5. The van der Waals surface area contributed by atoms with E-state index < -0.39 is 11.6 Å². The zero-order valence-electron chi connectivity index (χ0n) is 16.5. The predicted molar refractivity (Wildman–Crippen MR) is 103 cm³/mol. The van der Waals surface area contributed by atoms with Crippen molar-refractivity contribution in [3.8, 4) is 5.75 Å².